The lowest BCUT2D eigenvalue weighted by molar-refractivity contribution is -0.196. The summed E-state index contributed by atoms with van der Waals surface area (Å²) in [7, 11) is 3.09. The van der Waals surface area contributed by atoms with Crippen molar-refractivity contribution in [2.24, 2.45) is 0 Å². The van der Waals surface area contributed by atoms with Crippen molar-refractivity contribution in [3.05, 3.63) is 119 Å². The molecule has 4 heterocycles. The molecule has 2 saturated heterocycles. The van der Waals surface area contributed by atoms with Crippen LogP contribution >= 0.6 is 0 Å². The summed E-state index contributed by atoms with van der Waals surface area (Å²) in [6.45, 7) is 4.08. The van der Waals surface area contributed by atoms with Gasteiger partial charge < -0.3 is 33.4 Å². The number of fused-ring (bicyclic) bond motifs is 2. The molecule has 0 amide bonds. The summed E-state index contributed by atoms with van der Waals surface area (Å²) in [6.07, 6.45) is 0.143. The molecule has 2 aromatic heterocycles. The molecule has 0 unspecified atom stereocenters. The summed E-state index contributed by atoms with van der Waals surface area (Å²) in [6, 6.07) is 31.1. The Morgan fingerprint density at radius 3 is 1.89 bits per heavy atom. The van der Waals surface area contributed by atoms with Crippen molar-refractivity contribution >= 4 is 11.0 Å². The molecular formula is C35H35N3O6. The predicted molar refractivity (Wildman–Crippen MR) is 164 cm³/mol. The second-order valence-electron chi connectivity index (χ2n) is 11.4. The highest BCUT2D eigenvalue weighted by Gasteiger charge is 2.56. The molecule has 1 N–H and O–H groups in total. The number of nitrogens with one attached hydrogen (secondary N) is 1. The minimum absolute atomic E-state index is 0.201. The topological polar surface area (TPSA) is 97.0 Å². The van der Waals surface area contributed by atoms with Gasteiger partial charge in [0, 0.05) is 11.8 Å². The number of benzene rings is 3. The first-order valence-corrected chi connectivity index (χ1v) is 14.7. The van der Waals surface area contributed by atoms with Gasteiger partial charge in [-0.15, -0.1) is 0 Å². The first-order valence-electron chi connectivity index (χ1n) is 14.7. The van der Waals surface area contributed by atoms with E-state index in [0.717, 1.165) is 22.3 Å². The molecule has 7 rings (SSSR count). The van der Waals surface area contributed by atoms with Crippen molar-refractivity contribution in [3.8, 4) is 11.9 Å². The second-order valence-corrected chi connectivity index (χ2v) is 11.4. The minimum Gasteiger partial charge on any atom is -0.479 e. The maximum atomic E-state index is 7.14. The van der Waals surface area contributed by atoms with E-state index < -0.39 is 29.7 Å². The van der Waals surface area contributed by atoms with Gasteiger partial charge in [0.1, 0.15) is 41.1 Å². The van der Waals surface area contributed by atoms with E-state index >= 15 is 0 Å². The zero-order valence-electron chi connectivity index (χ0n) is 25.1. The number of methoxy groups -OCH3 is 2. The van der Waals surface area contributed by atoms with Gasteiger partial charge in [0.25, 0.3) is 0 Å². The number of aromatic nitrogens is 3. The van der Waals surface area contributed by atoms with Crippen LogP contribution in [-0.2, 0) is 24.5 Å². The summed E-state index contributed by atoms with van der Waals surface area (Å²) in [5, 5.41) is 0. The quantitative estimate of drug-likeness (QED) is 0.210. The zero-order chi connectivity index (χ0) is 30.3. The van der Waals surface area contributed by atoms with E-state index in [2.05, 4.69) is 51.4 Å². The molecule has 2 aliphatic rings. The SMILES string of the molecule is COc1nc(OC)c2[nH]cc([C@H]3O[C@H](COC(c4ccccc4)(c4ccccc4)c4ccccc4)[C@H]4OC(C)(C)O[C@H]43)c2n1. The molecular weight excluding hydrogens is 558 g/mol. The number of H-pyrrole nitrogens is 1. The van der Waals surface area contributed by atoms with Crippen LogP contribution in [0.4, 0.5) is 0 Å². The fraction of sp³-hybridized carbons (Fsp3) is 0.314. The van der Waals surface area contributed by atoms with Crippen molar-refractivity contribution in [2.75, 3.05) is 20.8 Å². The van der Waals surface area contributed by atoms with Gasteiger partial charge in [-0.05, 0) is 30.5 Å². The summed E-state index contributed by atoms with van der Waals surface area (Å²) in [4.78, 5) is 12.2. The van der Waals surface area contributed by atoms with E-state index in [0.29, 0.717) is 16.9 Å². The Balaban J connectivity index is 1.29. The Labute approximate surface area is 256 Å². The van der Waals surface area contributed by atoms with E-state index in [4.69, 9.17) is 28.4 Å². The van der Waals surface area contributed by atoms with Gasteiger partial charge in [0.15, 0.2) is 5.79 Å². The standard InChI is InChI=1S/C35H35N3O6/c1-34(2)43-30-26(42-29(31(30)44-34)25-20-36-28-27(25)37-33(40-4)38-32(28)39-3)21-41-35(22-14-8-5-9-15-22,23-16-10-6-11-17-23)24-18-12-7-13-19-24/h5-20,26,29-31,36H,21H2,1-4H3/t26-,29-,30-,31+/m1/s1. The molecule has 44 heavy (non-hydrogen) atoms. The van der Waals surface area contributed by atoms with Crippen molar-refractivity contribution in [3.63, 3.8) is 0 Å². The fourth-order valence-electron chi connectivity index (χ4n) is 6.48. The monoisotopic (exact) mass is 593 g/mol. The Morgan fingerprint density at radius 2 is 1.34 bits per heavy atom. The molecule has 0 spiro atoms. The first-order chi connectivity index (χ1) is 21.4. The van der Waals surface area contributed by atoms with E-state index in [1.165, 1.54) is 7.11 Å². The van der Waals surface area contributed by atoms with Crippen LogP contribution in [0.15, 0.2) is 97.2 Å². The summed E-state index contributed by atoms with van der Waals surface area (Å²) in [5.74, 6) is -0.420. The lowest BCUT2D eigenvalue weighted by Gasteiger charge is -2.37. The molecule has 0 aliphatic carbocycles. The Kier molecular flexibility index (Phi) is 7.34. The number of aromatic amines is 1. The molecule has 9 heteroatoms. The largest absolute Gasteiger partial charge is 0.479 e. The Morgan fingerprint density at radius 1 is 0.773 bits per heavy atom. The number of ether oxygens (including phenoxy) is 6. The van der Waals surface area contributed by atoms with Crippen LogP contribution in [-0.4, -0.2) is 59.9 Å². The summed E-state index contributed by atoms with van der Waals surface area (Å²) in [5.41, 5.74) is 4.24. The average molecular weight is 594 g/mol. The predicted octanol–water partition coefficient (Wildman–Crippen LogP) is 5.94. The molecule has 0 bridgehead atoms. The van der Waals surface area contributed by atoms with Gasteiger partial charge in [0.2, 0.25) is 5.88 Å². The van der Waals surface area contributed by atoms with Gasteiger partial charge in [0.05, 0.1) is 20.8 Å². The third-order valence-corrected chi connectivity index (χ3v) is 8.34. The lowest BCUT2D eigenvalue weighted by Crippen LogP contribution is -2.39. The Hall–Kier alpha value is -4.28. The van der Waals surface area contributed by atoms with Crippen LogP contribution in [0.3, 0.4) is 0 Å². The van der Waals surface area contributed by atoms with Gasteiger partial charge >= 0.3 is 6.01 Å². The van der Waals surface area contributed by atoms with Crippen molar-refractivity contribution in [1.29, 1.82) is 0 Å². The zero-order valence-corrected chi connectivity index (χ0v) is 25.1. The van der Waals surface area contributed by atoms with E-state index in [1.54, 1.807) is 7.11 Å². The van der Waals surface area contributed by atoms with E-state index in [1.807, 2.05) is 74.6 Å². The second kappa shape index (κ2) is 11.3. The highest BCUT2D eigenvalue weighted by Crippen LogP contribution is 2.48. The maximum absolute atomic E-state index is 7.14. The molecule has 2 aliphatic heterocycles. The van der Waals surface area contributed by atoms with Crippen molar-refractivity contribution < 1.29 is 28.4 Å². The van der Waals surface area contributed by atoms with Gasteiger partial charge in [-0.2, -0.15) is 9.97 Å². The maximum Gasteiger partial charge on any atom is 0.320 e. The lowest BCUT2D eigenvalue weighted by atomic mass is 9.80. The number of hydrogen-bond donors (Lipinski definition) is 1. The number of rotatable bonds is 9. The highest BCUT2D eigenvalue weighted by molar-refractivity contribution is 5.84. The van der Waals surface area contributed by atoms with Crippen molar-refractivity contribution in [2.45, 2.75) is 49.7 Å². The smallest absolute Gasteiger partial charge is 0.320 e. The molecule has 2 fully saturated rings. The third kappa shape index (κ3) is 4.82. The summed E-state index contributed by atoms with van der Waals surface area (Å²) < 4.78 is 37.7. The third-order valence-electron chi connectivity index (χ3n) is 8.34. The van der Waals surface area contributed by atoms with Crippen LogP contribution in [0.2, 0.25) is 0 Å². The molecule has 0 saturated carbocycles. The average Bonchev–Trinajstić information content (AvgIpc) is 3.73. The first kappa shape index (κ1) is 28.5. The van der Waals surface area contributed by atoms with Crippen LogP contribution in [0.1, 0.15) is 42.2 Å². The number of nitrogens with zero attached hydrogens (tertiary/aromatic N) is 2. The fourth-order valence-corrected chi connectivity index (χ4v) is 6.48. The van der Waals surface area contributed by atoms with Crippen LogP contribution in [0.25, 0.3) is 11.0 Å². The number of hydrogen-bond acceptors (Lipinski definition) is 8. The molecule has 226 valence electrons. The normalized spacial score (nSPS) is 22.6. The van der Waals surface area contributed by atoms with Gasteiger partial charge in [-0.25, -0.2) is 0 Å². The Bertz CT molecular complexity index is 1630. The van der Waals surface area contributed by atoms with Crippen LogP contribution in [0.5, 0.6) is 11.9 Å². The van der Waals surface area contributed by atoms with Crippen LogP contribution < -0.4 is 9.47 Å². The van der Waals surface area contributed by atoms with Crippen molar-refractivity contribution in [1.82, 2.24) is 15.0 Å². The van der Waals surface area contributed by atoms with E-state index in [9.17, 15) is 0 Å². The van der Waals surface area contributed by atoms with Gasteiger partial charge in [-0.1, -0.05) is 91.0 Å². The van der Waals surface area contributed by atoms with Crippen LogP contribution in [0, 0.1) is 0 Å². The molecule has 9 nitrogen and oxygen atoms in total. The molecule has 0 radical (unpaired) electrons. The van der Waals surface area contributed by atoms with E-state index in [-0.39, 0.29) is 18.7 Å². The van der Waals surface area contributed by atoms with Gasteiger partial charge in [-0.3, -0.25) is 0 Å². The molecule has 5 aromatic rings. The molecule has 3 aromatic carbocycles. The highest BCUT2D eigenvalue weighted by atomic mass is 16.8. The minimum atomic E-state index is -0.898. The summed E-state index contributed by atoms with van der Waals surface area (Å²) >= 11 is 0. The molecule has 4 atom stereocenters.